The predicted octanol–water partition coefficient (Wildman–Crippen LogP) is 2.37. The van der Waals surface area contributed by atoms with Gasteiger partial charge in [0, 0.05) is 19.5 Å². The Morgan fingerprint density at radius 3 is 2.24 bits per heavy atom. The van der Waals surface area contributed by atoms with Gasteiger partial charge in [-0.25, -0.2) is 9.59 Å². The van der Waals surface area contributed by atoms with Crippen molar-refractivity contribution in [2.75, 3.05) is 7.05 Å². The quantitative estimate of drug-likeness (QED) is 0.845. The highest BCUT2D eigenvalue weighted by Gasteiger charge is 2.25. The third-order valence-corrected chi connectivity index (χ3v) is 3.77. The maximum atomic E-state index is 12.1. The highest BCUT2D eigenvalue weighted by molar-refractivity contribution is 5.82. The number of hydrogen-bond acceptors (Lipinski definition) is 2. The summed E-state index contributed by atoms with van der Waals surface area (Å²) >= 11 is 0. The summed E-state index contributed by atoms with van der Waals surface area (Å²) in [7, 11) is 1.68. The third-order valence-electron chi connectivity index (χ3n) is 3.77. The lowest BCUT2D eigenvalue weighted by Gasteiger charge is -2.29. The van der Waals surface area contributed by atoms with Gasteiger partial charge in [0.25, 0.3) is 0 Å². The minimum Gasteiger partial charge on any atom is -0.480 e. The van der Waals surface area contributed by atoms with Crippen LogP contribution < -0.4 is 5.32 Å². The SMILES string of the molecule is CC(C)C(C)N(C)C(=O)NC(Cc1ccccc1)C(=O)O. The fourth-order valence-electron chi connectivity index (χ4n) is 1.93. The van der Waals surface area contributed by atoms with Crippen molar-refractivity contribution in [1.29, 1.82) is 0 Å². The first kappa shape index (κ1) is 17.0. The Morgan fingerprint density at radius 2 is 1.76 bits per heavy atom. The largest absolute Gasteiger partial charge is 0.480 e. The Morgan fingerprint density at radius 1 is 1.19 bits per heavy atom. The summed E-state index contributed by atoms with van der Waals surface area (Å²) in [6.07, 6.45) is 0.270. The van der Waals surface area contributed by atoms with E-state index in [4.69, 9.17) is 0 Å². The topological polar surface area (TPSA) is 69.6 Å². The summed E-state index contributed by atoms with van der Waals surface area (Å²) in [6, 6.07) is 8.02. The molecule has 1 rings (SSSR count). The van der Waals surface area contributed by atoms with Gasteiger partial charge in [-0.2, -0.15) is 0 Å². The highest BCUT2D eigenvalue weighted by Crippen LogP contribution is 2.09. The first-order valence-electron chi connectivity index (χ1n) is 7.13. The summed E-state index contributed by atoms with van der Waals surface area (Å²) in [5, 5.41) is 11.9. The molecule has 0 radical (unpaired) electrons. The molecule has 0 aliphatic carbocycles. The van der Waals surface area contributed by atoms with Crippen molar-refractivity contribution >= 4 is 12.0 Å². The second kappa shape index (κ2) is 7.67. The van der Waals surface area contributed by atoms with Gasteiger partial charge in [-0.3, -0.25) is 0 Å². The second-order valence-electron chi connectivity index (χ2n) is 5.63. The first-order chi connectivity index (χ1) is 9.82. The molecule has 0 bridgehead atoms. The number of urea groups is 1. The van der Waals surface area contributed by atoms with E-state index in [2.05, 4.69) is 5.32 Å². The van der Waals surface area contributed by atoms with Gasteiger partial charge in [-0.05, 0) is 18.4 Å². The first-order valence-corrected chi connectivity index (χ1v) is 7.13. The van der Waals surface area contributed by atoms with E-state index in [9.17, 15) is 14.7 Å². The van der Waals surface area contributed by atoms with Gasteiger partial charge in [-0.15, -0.1) is 0 Å². The van der Waals surface area contributed by atoms with E-state index in [1.807, 2.05) is 51.1 Å². The zero-order valence-corrected chi connectivity index (χ0v) is 13.0. The second-order valence-corrected chi connectivity index (χ2v) is 5.63. The van der Waals surface area contributed by atoms with E-state index in [0.29, 0.717) is 5.92 Å². The van der Waals surface area contributed by atoms with E-state index >= 15 is 0 Å². The number of nitrogens with zero attached hydrogens (tertiary/aromatic N) is 1. The van der Waals surface area contributed by atoms with Crippen molar-refractivity contribution in [2.24, 2.45) is 5.92 Å². The molecule has 2 atom stereocenters. The number of carboxylic acids is 1. The van der Waals surface area contributed by atoms with Crippen LogP contribution in [0.4, 0.5) is 4.79 Å². The lowest BCUT2D eigenvalue weighted by atomic mass is 10.0. The van der Waals surface area contributed by atoms with Crippen molar-refractivity contribution in [3.8, 4) is 0 Å². The average molecular weight is 292 g/mol. The molecule has 2 unspecified atom stereocenters. The van der Waals surface area contributed by atoms with Crippen LogP contribution >= 0.6 is 0 Å². The molecule has 2 N–H and O–H groups in total. The van der Waals surface area contributed by atoms with Gasteiger partial charge in [0.05, 0.1) is 0 Å². The molecule has 0 fully saturated rings. The third kappa shape index (κ3) is 5.10. The molecule has 0 aromatic heterocycles. The van der Waals surface area contributed by atoms with Crippen LogP contribution in [0.25, 0.3) is 0 Å². The maximum Gasteiger partial charge on any atom is 0.326 e. The fraction of sp³-hybridized carbons (Fsp3) is 0.500. The van der Waals surface area contributed by atoms with Crippen LogP contribution in [0.2, 0.25) is 0 Å². The number of carbonyl (C=O) groups excluding carboxylic acids is 1. The summed E-state index contributed by atoms with van der Waals surface area (Å²) in [5.41, 5.74) is 0.879. The van der Waals surface area contributed by atoms with Crippen molar-refractivity contribution < 1.29 is 14.7 Å². The lowest BCUT2D eigenvalue weighted by Crippen LogP contribution is -2.50. The Balaban J connectivity index is 2.71. The summed E-state index contributed by atoms with van der Waals surface area (Å²) < 4.78 is 0. The minimum absolute atomic E-state index is 0.0381. The maximum absolute atomic E-state index is 12.1. The van der Waals surface area contributed by atoms with Crippen LogP contribution in [0.3, 0.4) is 0 Å². The number of carbonyl (C=O) groups is 2. The van der Waals surface area contributed by atoms with Crippen LogP contribution in [-0.2, 0) is 11.2 Å². The Bertz CT molecular complexity index is 474. The zero-order valence-electron chi connectivity index (χ0n) is 13.0. The number of amides is 2. The predicted molar refractivity (Wildman–Crippen MR) is 82.2 cm³/mol. The molecule has 5 heteroatoms. The van der Waals surface area contributed by atoms with Crippen LogP contribution in [0, 0.1) is 5.92 Å². The van der Waals surface area contributed by atoms with Crippen molar-refractivity contribution in [3.05, 3.63) is 35.9 Å². The van der Waals surface area contributed by atoms with Gasteiger partial charge < -0.3 is 15.3 Å². The average Bonchev–Trinajstić information content (AvgIpc) is 2.45. The molecular weight excluding hydrogens is 268 g/mol. The van der Waals surface area contributed by atoms with E-state index < -0.39 is 12.0 Å². The van der Waals surface area contributed by atoms with Gasteiger partial charge >= 0.3 is 12.0 Å². The number of hydrogen-bond donors (Lipinski definition) is 2. The fourth-order valence-corrected chi connectivity index (χ4v) is 1.93. The van der Waals surface area contributed by atoms with Crippen LogP contribution in [0.15, 0.2) is 30.3 Å². The Kier molecular flexibility index (Phi) is 6.21. The molecule has 21 heavy (non-hydrogen) atoms. The number of rotatable bonds is 6. The number of benzene rings is 1. The molecule has 1 aromatic rings. The molecule has 0 saturated carbocycles. The molecule has 116 valence electrons. The van der Waals surface area contributed by atoms with E-state index in [1.165, 1.54) is 0 Å². The molecule has 2 amide bonds. The Labute approximate surface area is 126 Å². The van der Waals surface area contributed by atoms with Gasteiger partial charge in [-0.1, -0.05) is 44.2 Å². The molecule has 5 nitrogen and oxygen atoms in total. The van der Waals surface area contributed by atoms with Gasteiger partial charge in [0.1, 0.15) is 6.04 Å². The monoisotopic (exact) mass is 292 g/mol. The number of aliphatic carboxylic acids is 1. The Hall–Kier alpha value is -2.04. The smallest absolute Gasteiger partial charge is 0.326 e. The standard InChI is InChI=1S/C16H24N2O3/c1-11(2)12(3)18(4)16(21)17-14(15(19)20)10-13-8-6-5-7-9-13/h5-9,11-12,14H,10H2,1-4H3,(H,17,21)(H,19,20). The summed E-state index contributed by atoms with van der Waals surface area (Å²) in [6.45, 7) is 5.98. The van der Waals surface area contributed by atoms with Crippen LogP contribution in [0.5, 0.6) is 0 Å². The van der Waals surface area contributed by atoms with Crippen molar-refractivity contribution in [3.63, 3.8) is 0 Å². The molecule has 0 aliphatic rings. The summed E-state index contributed by atoms with van der Waals surface area (Å²) in [5.74, 6) is -0.726. The molecule has 0 saturated heterocycles. The van der Waals surface area contributed by atoms with Crippen LogP contribution in [-0.4, -0.2) is 41.1 Å². The number of nitrogens with one attached hydrogen (secondary N) is 1. The van der Waals surface area contributed by atoms with E-state index in [-0.39, 0.29) is 18.5 Å². The number of carboxylic acid groups (broad SMARTS) is 1. The molecule has 1 aromatic carbocycles. The molecule has 0 spiro atoms. The minimum atomic E-state index is -1.03. The zero-order chi connectivity index (χ0) is 16.0. The normalized spacial score (nSPS) is 13.6. The highest BCUT2D eigenvalue weighted by atomic mass is 16.4. The summed E-state index contributed by atoms with van der Waals surface area (Å²) in [4.78, 5) is 25.0. The van der Waals surface area contributed by atoms with Crippen LogP contribution in [0.1, 0.15) is 26.3 Å². The van der Waals surface area contributed by atoms with E-state index in [0.717, 1.165) is 5.56 Å². The molecular formula is C16H24N2O3. The molecule has 0 heterocycles. The van der Waals surface area contributed by atoms with Gasteiger partial charge in [0.15, 0.2) is 0 Å². The van der Waals surface area contributed by atoms with Crippen molar-refractivity contribution in [1.82, 2.24) is 10.2 Å². The lowest BCUT2D eigenvalue weighted by molar-refractivity contribution is -0.139. The van der Waals surface area contributed by atoms with Crippen molar-refractivity contribution in [2.45, 2.75) is 39.3 Å². The van der Waals surface area contributed by atoms with Gasteiger partial charge in [0.2, 0.25) is 0 Å². The van der Waals surface area contributed by atoms with E-state index in [1.54, 1.807) is 11.9 Å². The molecule has 0 aliphatic heterocycles.